The Balaban J connectivity index is 1.70. The Bertz CT molecular complexity index is 757. The van der Waals surface area contributed by atoms with Crippen LogP contribution in [0.4, 0.5) is 5.69 Å². The van der Waals surface area contributed by atoms with Gasteiger partial charge in [0.25, 0.3) is 0 Å². The van der Waals surface area contributed by atoms with Crippen LogP contribution in [0, 0.1) is 0 Å². The van der Waals surface area contributed by atoms with Crippen molar-refractivity contribution < 1.29 is 14.3 Å². The highest BCUT2D eigenvalue weighted by Gasteiger charge is 2.38. The number of aliphatic hydroxyl groups excluding tert-OH is 1. The maximum absolute atomic E-state index is 10.1. The number of nitrogens with one attached hydrogen (secondary N) is 1. The van der Waals surface area contributed by atoms with Gasteiger partial charge in [-0.15, -0.1) is 0 Å². The molecule has 0 saturated heterocycles. The average Bonchev–Trinajstić information content (AvgIpc) is 2.65. The Morgan fingerprint density at radius 1 is 1.03 bits per heavy atom. The second-order valence-electron chi connectivity index (χ2n) is 8.95. The van der Waals surface area contributed by atoms with E-state index < -0.39 is 14.4 Å². The number of benzene rings is 2. The van der Waals surface area contributed by atoms with E-state index in [1.54, 1.807) is 0 Å². The normalized spacial score (nSPS) is 13.2. The summed E-state index contributed by atoms with van der Waals surface area (Å²) in [5, 5.41) is 13.5. The quantitative estimate of drug-likeness (QED) is 0.307. The maximum atomic E-state index is 10.1. The molecule has 0 heterocycles. The van der Waals surface area contributed by atoms with Crippen molar-refractivity contribution in [3.8, 4) is 11.5 Å². The lowest BCUT2D eigenvalue weighted by Crippen LogP contribution is -2.43. The fraction of sp³-hybridized carbons (Fsp3) is 0.478. The summed E-state index contributed by atoms with van der Waals surface area (Å²) in [6.45, 7) is 12.6. The number of nitrogen functional groups attached to an aromatic ring is 1. The van der Waals surface area contributed by atoms with Crippen LogP contribution >= 0.6 is 0 Å². The van der Waals surface area contributed by atoms with Gasteiger partial charge in [-0.1, -0.05) is 39.0 Å². The van der Waals surface area contributed by atoms with Gasteiger partial charge in [-0.25, -0.2) is 0 Å². The Labute approximate surface area is 176 Å². The van der Waals surface area contributed by atoms with E-state index in [0.29, 0.717) is 6.54 Å². The Kier molecular flexibility index (Phi) is 8.13. The Hall–Kier alpha value is -2.02. The average molecular weight is 417 g/mol. The van der Waals surface area contributed by atoms with Crippen molar-refractivity contribution in [3.63, 3.8) is 0 Å². The minimum atomic E-state index is -1.84. The smallest absolute Gasteiger partial charge is 0.250 e. The predicted octanol–water partition coefficient (Wildman–Crippen LogP) is 4.22. The van der Waals surface area contributed by atoms with E-state index in [2.05, 4.69) is 39.2 Å². The van der Waals surface area contributed by atoms with Crippen molar-refractivity contribution in [2.24, 2.45) is 0 Å². The zero-order valence-corrected chi connectivity index (χ0v) is 19.4. The van der Waals surface area contributed by atoms with Crippen LogP contribution in [0.25, 0.3) is 0 Å². The molecule has 0 bridgehead atoms. The summed E-state index contributed by atoms with van der Waals surface area (Å²) < 4.78 is 12.0. The maximum Gasteiger partial charge on any atom is 0.250 e. The van der Waals surface area contributed by atoms with Gasteiger partial charge in [-0.2, -0.15) is 0 Å². The molecule has 0 aliphatic rings. The number of para-hydroxylation sites is 1. The molecule has 4 N–H and O–H groups in total. The number of hydrogen-bond donors (Lipinski definition) is 3. The number of nitrogens with two attached hydrogens (primary N) is 1. The molecular formula is C23H36N2O3Si. The fourth-order valence-corrected chi connectivity index (χ4v) is 3.59. The van der Waals surface area contributed by atoms with Crippen LogP contribution in [0.3, 0.4) is 0 Å². The summed E-state index contributed by atoms with van der Waals surface area (Å²) in [7, 11) is -1.84. The number of hydrogen-bond acceptors (Lipinski definition) is 5. The first-order chi connectivity index (χ1) is 13.6. The summed E-state index contributed by atoms with van der Waals surface area (Å²) in [5.41, 5.74) is 7.86. The first kappa shape index (κ1) is 23.3. The molecule has 2 rings (SSSR count). The SMILES string of the molecule is CC(C)(C)[Si](C)(C)Oc1ccc(OCC(O)CNCCc2ccccc2N)cc1. The molecule has 0 radical (unpaired) electrons. The second kappa shape index (κ2) is 10.1. The van der Waals surface area contributed by atoms with E-state index in [9.17, 15) is 5.11 Å². The van der Waals surface area contributed by atoms with Crippen molar-refractivity contribution in [3.05, 3.63) is 54.1 Å². The molecule has 0 aliphatic heterocycles. The monoisotopic (exact) mass is 416 g/mol. The van der Waals surface area contributed by atoms with Crippen LogP contribution in [0.2, 0.25) is 18.1 Å². The van der Waals surface area contributed by atoms with E-state index in [1.165, 1.54) is 0 Å². The first-order valence-corrected chi connectivity index (χ1v) is 13.1. The van der Waals surface area contributed by atoms with Crippen molar-refractivity contribution >= 4 is 14.0 Å². The molecule has 0 amide bonds. The third-order valence-corrected chi connectivity index (χ3v) is 9.81. The highest BCUT2D eigenvalue weighted by Crippen LogP contribution is 2.37. The first-order valence-electron chi connectivity index (χ1n) is 10.2. The zero-order chi connectivity index (χ0) is 21.5. The molecule has 1 unspecified atom stereocenters. The van der Waals surface area contributed by atoms with Crippen molar-refractivity contribution in [2.75, 3.05) is 25.4 Å². The molecular weight excluding hydrogens is 380 g/mol. The van der Waals surface area contributed by atoms with Crippen LogP contribution in [0.5, 0.6) is 11.5 Å². The Morgan fingerprint density at radius 2 is 1.66 bits per heavy atom. The largest absolute Gasteiger partial charge is 0.543 e. The van der Waals surface area contributed by atoms with E-state index in [4.69, 9.17) is 14.9 Å². The number of anilines is 1. The molecule has 0 fully saturated rings. The molecule has 5 nitrogen and oxygen atoms in total. The van der Waals surface area contributed by atoms with Crippen LogP contribution in [0.1, 0.15) is 26.3 Å². The third kappa shape index (κ3) is 7.38. The minimum absolute atomic E-state index is 0.158. The van der Waals surface area contributed by atoms with E-state index in [1.807, 2.05) is 48.5 Å². The van der Waals surface area contributed by atoms with Gasteiger partial charge in [-0.05, 0) is 67.0 Å². The standard InChI is InChI=1S/C23H36N2O3Si/c1-23(2,3)29(4,5)28-21-12-10-20(11-13-21)27-17-19(26)16-25-15-14-18-8-6-7-9-22(18)24/h6-13,19,25-26H,14-17,24H2,1-5H3. The summed E-state index contributed by atoms with van der Waals surface area (Å²) in [4.78, 5) is 0. The van der Waals surface area contributed by atoms with E-state index in [0.717, 1.165) is 35.7 Å². The molecule has 1 atom stereocenters. The van der Waals surface area contributed by atoms with E-state index in [-0.39, 0.29) is 11.6 Å². The lowest BCUT2D eigenvalue weighted by atomic mass is 10.1. The van der Waals surface area contributed by atoms with Gasteiger partial charge in [0.2, 0.25) is 8.32 Å². The topological polar surface area (TPSA) is 76.7 Å². The van der Waals surface area contributed by atoms with Crippen LogP contribution in [0.15, 0.2) is 48.5 Å². The summed E-state index contributed by atoms with van der Waals surface area (Å²) >= 11 is 0. The summed E-state index contributed by atoms with van der Waals surface area (Å²) in [5.74, 6) is 1.59. The molecule has 160 valence electrons. The molecule has 29 heavy (non-hydrogen) atoms. The van der Waals surface area contributed by atoms with Crippen molar-refractivity contribution in [2.45, 2.75) is 51.4 Å². The predicted molar refractivity (Wildman–Crippen MR) is 123 cm³/mol. The van der Waals surface area contributed by atoms with Gasteiger partial charge >= 0.3 is 0 Å². The molecule has 0 spiro atoms. The van der Waals surface area contributed by atoms with Gasteiger partial charge in [0.15, 0.2) is 0 Å². The van der Waals surface area contributed by atoms with Gasteiger partial charge < -0.3 is 25.3 Å². The fourth-order valence-electron chi connectivity index (χ4n) is 2.56. The third-order valence-electron chi connectivity index (χ3n) is 5.45. The van der Waals surface area contributed by atoms with Crippen LogP contribution in [-0.2, 0) is 6.42 Å². The second-order valence-corrected chi connectivity index (χ2v) is 13.7. The highest BCUT2D eigenvalue weighted by atomic mass is 28.4. The number of aliphatic hydroxyl groups is 1. The molecule has 2 aromatic rings. The van der Waals surface area contributed by atoms with Gasteiger partial charge in [0.05, 0.1) is 0 Å². The molecule has 0 aromatic heterocycles. The molecule has 6 heteroatoms. The molecule has 0 aliphatic carbocycles. The lowest BCUT2D eigenvalue weighted by molar-refractivity contribution is 0.106. The highest BCUT2D eigenvalue weighted by molar-refractivity contribution is 6.74. The number of ether oxygens (including phenoxy) is 1. The number of rotatable bonds is 10. The zero-order valence-electron chi connectivity index (χ0n) is 18.4. The molecule has 0 saturated carbocycles. The summed E-state index contributed by atoms with van der Waals surface area (Å²) in [6, 6.07) is 15.5. The van der Waals surface area contributed by atoms with E-state index >= 15 is 0 Å². The summed E-state index contributed by atoms with van der Waals surface area (Å²) in [6.07, 6.45) is 0.252. The van der Waals surface area contributed by atoms with Crippen molar-refractivity contribution in [1.82, 2.24) is 5.32 Å². The van der Waals surface area contributed by atoms with Gasteiger partial charge in [0.1, 0.15) is 24.2 Å². The Morgan fingerprint density at radius 3 is 2.28 bits per heavy atom. The van der Waals surface area contributed by atoms with Gasteiger partial charge in [-0.3, -0.25) is 0 Å². The van der Waals surface area contributed by atoms with Crippen molar-refractivity contribution in [1.29, 1.82) is 0 Å². The molecule has 2 aromatic carbocycles. The van der Waals surface area contributed by atoms with Crippen LogP contribution in [-0.4, -0.2) is 39.2 Å². The van der Waals surface area contributed by atoms with Crippen LogP contribution < -0.4 is 20.2 Å². The lowest BCUT2D eigenvalue weighted by Gasteiger charge is -2.36. The minimum Gasteiger partial charge on any atom is -0.543 e. The van der Waals surface area contributed by atoms with Gasteiger partial charge in [0, 0.05) is 12.2 Å².